The van der Waals surface area contributed by atoms with Crippen molar-refractivity contribution < 1.29 is 4.79 Å². The molecule has 0 saturated heterocycles. The summed E-state index contributed by atoms with van der Waals surface area (Å²) in [7, 11) is 3.79. The smallest absolute Gasteiger partial charge is 0.221 e. The highest BCUT2D eigenvalue weighted by Gasteiger charge is 2.02. The summed E-state index contributed by atoms with van der Waals surface area (Å²) in [6.07, 6.45) is 0. The lowest BCUT2D eigenvalue weighted by Gasteiger charge is -2.16. The lowest BCUT2D eigenvalue weighted by Crippen LogP contribution is -2.21. The molecule has 14 heavy (non-hydrogen) atoms. The molecule has 0 aromatic heterocycles. The lowest BCUT2D eigenvalue weighted by atomic mass is 10.2. The van der Waals surface area contributed by atoms with E-state index in [0.29, 0.717) is 0 Å². The first-order valence-corrected chi connectivity index (χ1v) is 4.40. The number of hydrogen-bond acceptors (Lipinski definition) is 3. The van der Waals surface area contributed by atoms with Gasteiger partial charge in [-0.1, -0.05) is 12.1 Å². The molecule has 0 unspecified atom stereocenters. The summed E-state index contributed by atoms with van der Waals surface area (Å²) in [4.78, 5) is 10.9. The first-order chi connectivity index (χ1) is 6.59. The minimum Gasteiger partial charge on any atom is -0.325 e. The van der Waals surface area contributed by atoms with Gasteiger partial charge in [0.1, 0.15) is 0 Å². The van der Waals surface area contributed by atoms with Gasteiger partial charge in [-0.25, -0.2) is 5.01 Å². The Balaban J connectivity index is 2.85. The van der Waals surface area contributed by atoms with E-state index in [1.807, 2.05) is 43.4 Å². The number of carbonyl (C=O) groups excluding carboxylic acids is 1. The Morgan fingerprint density at radius 3 is 2.29 bits per heavy atom. The summed E-state index contributed by atoms with van der Waals surface area (Å²) in [6, 6.07) is 7.56. The first-order valence-electron chi connectivity index (χ1n) is 4.40. The molecule has 2 N–H and O–H groups in total. The van der Waals surface area contributed by atoms with Crippen LogP contribution in [0.25, 0.3) is 0 Å². The Hall–Kier alpha value is -1.55. The van der Waals surface area contributed by atoms with Gasteiger partial charge in [0.05, 0.1) is 11.4 Å². The van der Waals surface area contributed by atoms with E-state index in [2.05, 4.69) is 10.7 Å². The normalized spacial score (nSPS) is 10.0. The second-order valence-electron chi connectivity index (χ2n) is 3.23. The molecule has 0 aliphatic rings. The molecule has 0 heterocycles. The van der Waals surface area contributed by atoms with E-state index in [9.17, 15) is 4.79 Å². The SMILES string of the molecule is CC(=O)Nc1ccccc1NN(C)C. The van der Waals surface area contributed by atoms with Crippen LogP contribution in [0.4, 0.5) is 11.4 Å². The van der Waals surface area contributed by atoms with Gasteiger partial charge in [0.2, 0.25) is 5.91 Å². The average molecular weight is 193 g/mol. The third-order valence-electron chi connectivity index (χ3n) is 1.58. The van der Waals surface area contributed by atoms with Crippen LogP contribution < -0.4 is 10.7 Å². The molecule has 0 aliphatic carbocycles. The molecule has 0 fully saturated rings. The van der Waals surface area contributed by atoms with Crippen LogP contribution in [0.5, 0.6) is 0 Å². The molecule has 1 aromatic carbocycles. The van der Waals surface area contributed by atoms with Crippen molar-refractivity contribution in [3.05, 3.63) is 24.3 Å². The van der Waals surface area contributed by atoms with E-state index in [1.165, 1.54) is 6.92 Å². The number of nitrogens with one attached hydrogen (secondary N) is 2. The van der Waals surface area contributed by atoms with Crippen molar-refractivity contribution >= 4 is 17.3 Å². The van der Waals surface area contributed by atoms with Crippen LogP contribution in [-0.4, -0.2) is 25.0 Å². The highest BCUT2D eigenvalue weighted by molar-refractivity contribution is 5.92. The molecular formula is C10H15N3O. The summed E-state index contributed by atoms with van der Waals surface area (Å²) in [5, 5.41) is 4.57. The fourth-order valence-electron chi connectivity index (χ4n) is 1.12. The van der Waals surface area contributed by atoms with Crippen LogP contribution in [0.15, 0.2) is 24.3 Å². The number of nitrogens with zero attached hydrogens (tertiary/aromatic N) is 1. The molecular weight excluding hydrogens is 178 g/mol. The average Bonchev–Trinajstić information content (AvgIpc) is 2.06. The first kappa shape index (κ1) is 10.5. The molecule has 0 aliphatic heterocycles. The predicted octanol–water partition coefficient (Wildman–Crippen LogP) is 1.53. The van der Waals surface area contributed by atoms with Gasteiger partial charge < -0.3 is 10.7 Å². The van der Waals surface area contributed by atoms with Gasteiger partial charge in [-0.05, 0) is 12.1 Å². The molecule has 0 saturated carbocycles. The van der Waals surface area contributed by atoms with Crippen molar-refractivity contribution in [2.75, 3.05) is 24.8 Å². The molecule has 0 radical (unpaired) electrons. The number of para-hydroxylation sites is 2. The number of carbonyl (C=O) groups is 1. The largest absolute Gasteiger partial charge is 0.325 e. The van der Waals surface area contributed by atoms with Crippen molar-refractivity contribution in [2.45, 2.75) is 6.92 Å². The number of amides is 1. The number of hydrazine groups is 1. The Morgan fingerprint density at radius 2 is 1.79 bits per heavy atom. The minimum absolute atomic E-state index is 0.0713. The third-order valence-corrected chi connectivity index (χ3v) is 1.58. The summed E-state index contributed by atoms with van der Waals surface area (Å²) in [5.41, 5.74) is 4.77. The Labute approximate surface area is 83.9 Å². The van der Waals surface area contributed by atoms with E-state index < -0.39 is 0 Å². The highest BCUT2D eigenvalue weighted by atomic mass is 16.1. The zero-order valence-electron chi connectivity index (χ0n) is 8.66. The van der Waals surface area contributed by atoms with Gasteiger partial charge in [0.15, 0.2) is 0 Å². The second kappa shape index (κ2) is 4.62. The fourth-order valence-corrected chi connectivity index (χ4v) is 1.12. The molecule has 4 nitrogen and oxygen atoms in total. The maximum Gasteiger partial charge on any atom is 0.221 e. The fraction of sp³-hybridized carbons (Fsp3) is 0.300. The molecule has 0 bridgehead atoms. The minimum atomic E-state index is -0.0713. The van der Waals surface area contributed by atoms with E-state index in [4.69, 9.17) is 0 Å². The quantitative estimate of drug-likeness (QED) is 0.715. The number of rotatable bonds is 3. The maximum atomic E-state index is 10.9. The number of anilines is 2. The number of hydrogen-bond donors (Lipinski definition) is 2. The summed E-state index contributed by atoms with van der Waals surface area (Å²) in [5.74, 6) is -0.0713. The van der Waals surface area contributed by atoms with Crippen LogP contribution in [0, 0.1) is 0 Å². The van der Waals surface area contributed by atoms with Crippen LogP contribution in [0.3, 0.4) is 0 Å². The van der Waals surface area contributed by atoms with Crippen LogP contribution in [0.2, 0.25) is 0 Å². The highest BCUT2D eigenvalue weighted by Crippen LogP contribution is 2.20. The van der Waals surface area contributed by atoms with Crippen molar-refractivity contribution in [1.29, 1.82) is 0 Å². The van der Waals surface area contributed by atoms with Crippen molar-refractivity contribution in [2.24, 2.45) is 0 Å². The van der Waals surface area contributed by atoms with Gasteiger partial charge in [0, 0.05) is 21.0 Å². The molecule has 4 heteroatoms. The summed E-state index contributed by atoms with van der Waals surface area (Å²) < 4.78 is 0. The van der Waals surface area contributed by atoms with Crippen molar-refractivity contribution in [3.63, 3.8) is 0 Å². The van der Waals surface area contributed by atoms with Gasteiger partial charge >= 0.3 is 0 Å². The standard InChI is InChI=1S/C10H15N3O/c1-8(14)11-9-6-4-5-7-10(9)12-13(2)3/h4-7,12H,1-3H3,(H,11,14). The third kappa shape index (κ3) is 3.06. The zero-order valence-corrected chi connectivity index (χ0v) is 8.66. The Morgan fingerprint density at radius 1 is 1.21 bits per heavy atom. The summed E-state index contributed by atoms with van der Waals surface area (Å²) >= 11 is 0. The van der Waals surface area contributed by atoms with Crippen LogP contribution in [0.1, 0.15) is 6.92 Å². The maximum absolute atomic E-state index is 10.9. The zero-order chi connectivity index (χ0) is 10.6. The van der Waals surface area contributed by atoms with Crippen LogP contribution in [-0.2, 0) is 4.79 Å². The van der Waals surface area contributed by atoms with Crippen molar-refractivity contribution in [3.8, 4) is 0 Å². The van der Waals surface area contributed by atoms with Gasteiger partial charge in [-0.2, -0.15) is 0 Å². The monoisotopic (exact) mass is 193 g/mol. The molecule has 1 amide bonds. The van der Waals surface area contributed by atoms with E-state index in [1.54, 1.807) is 0 Å². The summed E-state index contributed by atoms with van der Waals surface area (Å²) in [6.45, 7) is 1.49. The van der Waals surface area contributed by atoms with E-state index in [0.717, 1.165) is 11.4 Å². The molecule has 1 rings (SSSR count). The molecule has 76 valence electrons. The molecule has 0 spiro atoms. The van der Waals surface area contributed by atoms with Gasteiger partial charge in [-0.15, -0.1) is 0 Å². The predicted molar refractivity (Wildman–Crippen MR) is 58.1 cm³/mol. The molecule has 1 aromatic rings. The second-order valence-corrected chi connectivity index (χ2v) is 3.23. The lowest BCUT2D eigenvalue weighted by molar-refractivity contribution is -0.114. The Bertz CT molecular complexity index is 323. The Kier molecular flexibility index (Phi) is 3.48. The molecule has 0 atom stereocenters. The van der Waals surface area contributed by atoms with Gasteiger partial charge in [0.25, 0.3) is 0 Å². The van der Waals surface area contributed by atoms with Crippen molar-refractivity contribution in [1.82, 2.24) is 5.01 Å². The van der Waals surface area contributed by atoms with E-state index in [-0.39, 0.29) is 5.91 Å². The van der Waals surface area contributed by atoms with Crippen LogP contribution >= 0.6 is 0 Å². The van der Waals surface area contributed by atoms with E-state index >= 15 is 0 Å². The number of benzene rings is 1. The topological polar surface area (TPSA) is 44.4 Å². The van der Waals surface area contributed by atoms with Gasteiger partial charge in [-0.3, -0.25) is 4.79 Å².